The molecule has 0 saturated heterocycles. The molecular weight excluding hydrogens is 560 g/mol. The number of carbonyl (C=O) groups is 2. The maximum absolute atomic E-state index is 12.2. The van der Waals surface area contributed by atoms with Crippen molar-refractivity contribution in [2.45, 2.75) is 103 Å². The number of hydrogen-bond donors (Lipinski definition) is 0. The number of rotatable bonds is 16. The summed E-state index contributed by atoms with van der Waals surface area (Å²) in [4.78, 5) is 24.2. The molecule has 2 atom stereocenters. The van der Waals surface area contributed by atoms with Crippen molar-refractivity contribution < 1.29 is 23.8 Å². The second kappa shape index (κ2) is 16.7. The maximum Gasteiger partial charge on any atom is 0.337 e. The van der Waals surface area contributed by atoms with Crippen LogP contribution in [0.4, 0.5) is 0 Å². The molecule has 0 bridgehead atoms. The van der Waals surface area contributed by atoms with E-state index in [9.17, 15) is 9.59 Å². The molecule has 1 aliphatic carbocycles. The van der Waals surface area contributed by atoms with Crippen LogP contribution in [0.15, 0.2) is 66.7 Å². The van der Waals surface area contributed by atoms with Gasteiger partial charge in [-0.2, -0.15) is 0 Å². The minimum atomic E-state index is -0.277. The molecule has 45 heavy (non-hydrogen) atoms. The van der Waals surface area contributed by atoms with E-state index >= 15 is 0 Å². The SMILES string of the molecule is COCC(=O)CCCCCC(CCc1ccccc1OCc1ccc(C(C)(C)C)cc1)C1CCCc2cc(C(=O)OC)ccc21. The smallest absolute Gasteiger partial charge is 0.337 e. The molecular formula is C40H52O5. The van der Waals surface area contributed by atoms with Crippen LogP contribution in [0.25, 0.3) is 0 Å². The molecule has 5 nitrogen and oxygen atoms in total. The molecule has 0 spiro atoms. The summed E-state index contributed by atoms with van der Waals surface area (Å²) in [7, 11) is 3.01. The Kier molecular flexibility index (Phi) is 12.8. The molecule has 2 unspecified atom stereocenters. The van der Waals surface area contributed by atoms with Crippen LogP contribution in [-0.4, -0.2) is 32.6 Å². The fourth-order valence-electron chi connectivity index (χ4n) is 6.73. The van der Waals surface area contributed by atoms with Crippen LogP contribution in [0.5, 0.6) is 5.75 Å². The van der Waals surface area contributed by atoms with Crippen LogP contribution in [0.2, 0.25) is 0 Å². The molecule has 0 aliphatic heterocycles. The Labute approximate surface area is 270 Å². The summed E-state index contributed by atoms with van der Waals surface area (Å²) >= 11 is 0. The van der Waals surface area contributed by atoms with Crippen molar-refractivity contribution in [1.29, 1.82) is 0 Å². The van der Waals surface area contributed by atoms with Crippen LogP contribution in [0.3, 0.4) is 0 Å². The van der Waals surface area contributed by atoms with Gasteiger partial charge >= 0.3 is 5.97 Å². The minimum absolute atomic E-state index is 0.131. The van der Waals surface area contributed by atoms with Crippen molar-refractivity contribution in [3.63, 3.8) is 0 Å². The van der Waals surface area contributed by atoms with Crippen molar-refractivity contribution in [3.8, 4) is 5.75 Å². The molecule has 0 saturated carbocycles. The predicted molar refractivity (Wildman–Crippen MR) is 181 cm³/mol. The topological polar surface area (TPSA) is 61.8 Å². The van der Waals surface area contributed by atoms with Gasteiger partial charge in [-0.05, 0) is 108 Å². The first-order valence-corrected chi connectivity index (χ1v) is 16.7. The number of aryl methyl sites for hydroxylation is 2. The Bertz CT molecular complexity index is 1380. The third-order valence-corrected chi connectivity index (χ3v) is 9.30. The average molecular weight is 613 g/mol. The van der Waals surface area contributed by atoms with E-state index in [0.717, 1.165) is 63.5 Å². The molecule has 0 fully saturated rings. The quantitative estimate of drug-likeness (QED) is 0.119. The summed E-state index contributed by atoms with van der Waals surface area (Å²) in [5, 5.41) is 0. The highest BCUT2D eigenvalue weighted by Gasteiger charge is 2.28. The first-order chi connectivity index (χ1) is 21.7. The van der Waals surface area contributed by atoms with E-state index in [4.69, 9.17) is 14.2 Å². The monoisotopic (exact) mass is 612 g/mol. The number of fused-ring (bicyclic) bond motifs is 1. The lowest BCUT2D eigenvalue weighted by Gasteiger charge is -2.33. The van der Waals surface area contributed by atoms with E-state index in [1.54, 1.807) is 7.11 Å². The zero-order chi connectivity index (χ0) is 32.2. The van der Waals surface area contributed by atoms with Gasteiger partial charge in [0.15, 0.2) is 5.78 Å². The largest absolute Gasteiger partial charge is 0.489 e. The van der Waals surface area contributed by atoms with Crippen LogP contribution < -0.4 is 4.74 Å². The lowest BCUT2D eigenvalue weighted by atomic mass is 9.72. The van der Waals surface area contributed by atoms with Gasteiger partial charge < -0.3 is 14.2 Å². The van der Waals surface area contributed by atoms with Gasteiger partial charge in [0.1, 0.15) is 19.0 Å². The van der Waals surface area contributed by atoms with Gasteiger partial charge in [0.25, 0.3) is 0 Å². The Morgan fingerprint density at radius 3 is 2.42 bits per heavy atom. The van der Waals surface area contributed by atoms with Gasteiger partial charge in [-0.1, -0.05) is 82.1 Å². The number of carbonyl (C=O) groups excluding carboxylic acids is 2. The van der Waals surface area contributed by atoms with Gasteiger partial charge in [-0.25, -0.2) is 4.79 Å². The zero-order valence-electron chi connectivity index (χ0n) is 28.0. The van der Waals surface area contributed by atoms with E-state index in [-0.39, 0.29) is 23.8 Å². The highest BCUT2D eigenvalue weighted by atomic mass is 16.5. The fraction of sp³-hybridized carbons (Fsp3) is 0.500. The second-order valence-electron chi connectivity index (χ2n) is 13.6. The summed E-state index contributed by atoms with van der Waals surface area (Å²) in [5.74, 6) is 1.81. The summed E-state index contributed by atoms with van der Waals surface area (Å²) in [6.07, 6.45) is 10.0. The number of para-hydroxylation sites is 1. The Balaban J connectivity index is 1.46. The van der Waals surface area contributed by atoms with E-state index < -0.39 is 0 Å². The lowest BCUT2D eigenvalue weighted by Crippen LogP contribution is -2.20. The molecule has 0 radical (unpaired) electrons. The van der Waals surface area contributed by atoms with E-state index in [1.165, 1.54) is 34.9 Å². The summed E-state index contributed by atoms with van der Waals surface area (Å²) in [5.41, 5.74) is 7.18. The number of unbranched alkanes of at least 4 members (excludes halogenated alkanes) is 2. The standard InChI is InChI=1S/C40H52O5/c1-40(2,3)34-23-18-29(19-24-34)27-45-38-17-10-9-13-31(38)21-20-30(12-7-6-8-15-35(41)28-43-4)36-16-11-14-32-26-33(39(42)44-5)22-25-37(32)36/h9-10,13,17-19,22-26,30,36H,6-8,11-12,14-16,20-21,27-28H2,1-5H3. The minimum Gasteiger partial charge on any atom is -0.489 e. The van der Waals surface area contributed by atoms with Crippen molar-refractivity contribution in [2.24, 2.45) is 5.92 Å². The van der Waals surface area contributed by atoms with Crippen LogP contribution in [-0.2, 0) is 39.1 Å². The Morgan fingerprint density at radius 2 is 1.69 bits per heavy atom. The Hall–Kier alpha value is -3.44. The van der Waals surface area contributed by atoms with Crippen molar-refractivity contribution in [3.05, 3.63) is 100 Å². The van der Waals surface area contributed by atoms with Crippen molar-refractivity contribution in [1.82, 2.24) is 0 Å². The maximum atomic E-state index is 12.2. The molecule has 0 aromatic heterocycles. The number of hydrogen-bond acceptors (Lipinski definition) is 5. The normalized spacial score (nSPS) is 15.3. The summed E-state index contributed by atoms with van der Waals surface area (Å²) in [6, 6.07) is 23.4. The molecule has 4 rings (SSSR count). The number of ether oxygens (including phenoxy) is 3. The van der Waals surface area contributed by atoms with Gasteiger partial charge in [0.05, 0.1) is 12.7 Å². The molecule has 0 amide bonds. The molecule has 1 aliphatic rings. The lowest BCUT2D eigenvalue weighted by molar-refractivity contribution is -0.122. The highest BCUT2D eigenvalue weighted by Crippen LogP contribution is 2.42. The second-order valence-corrected chi connectivity index (χ2v) is 13.6. The average Bonchev–Trinajstić information content (AvgIpc) is 3.04. The number of esters is 1. The zero-order valence-corrected chi connectivity index (χ0v) is 28.0. The molecule has 0 heterocycles. The molecule has 5 heteroatoms. The third kappa shape index (κ3) is 10.0. The van der Waals surface area contributed by atoms with Crippen molar-refractivity contribution >= 4 is 11.8 Å². The first kappa shape index (κ1) is 34.4. The van der Waals surface area contributed by atoms with E-state index in [1.807, 2.05) is 12.1 Å². The first-order valence-electron chi connectivity index (χ1n) is 16.7. The van der Waals surface area contributed by atoms with Crippen LogP contribution in [0.1, 0.15) is 116 Å². The molecule has 3 aromatic carbocycles. The predicted octanol–water partition coefficient (Wildman–Crippen LogP) is 9.18. The molecule has 0 N–H and O–H groups in total. The van der Waals surface area contributed by atoms with Gasteiger partial charge in [-0.15, -0.1) is 0 Å². The number of ketones is 1. The highest BCUT2D eigenvalue weighted by molar-refractivity contribution is 5.89. The van der Waals surface area contributed by atoms with E-state index in [0.29, 0.717) is 30.4 Å². The third-order valence-electron chi connectivity index (χ3n) is 9.30. The summed E-state index contributed by atoms with van der Waals surface area (Å²) < 4.78 is 16.4. The van der Waals surface area contributed by atoms with Crippen molar-refractivity contribution in [2.75, 3.05) is 20.8 Å². The molecule has 242 valence electrons. The van der Waals surface area contributed by atoms with Gasteiger partial charge in [0, 0.05) is 13.5 Å². The van der Waals surface area contributed by atoms with E-state index in [2.05, 4.69) is 75.4 Å². The van der Waals surface area contributed by atoms with Gasteiger partial charge in [-0.3, -0.25) is 4.79 Å². The number of Topliss-reactive ketones (excluding diaryl/α,β-unsaturated/α-hetero) is 1. The number of benzene rings is 3. The van der Waals surface area contributed by atoms with Gasteiger partial charge in [0.2, 0.25) is 0 Å². The summed E-state index contributed by atoms with van der Waals surface area (Å²) in [6.45, 7) is 7.45. The van der Waals surface area contributed by atoms with Crippen LogP contribution in [0, 0.1) is 5.92 Å². The number of methoxy groups -OCH3 is 2. The van der Waals surface area contributed by atoms with Crippen LogP contribution >= 0.6 is 0 Å². The Morgan fingerprint density at radius 1 is 0.911 bits per heavy atom. The molecule has 3 aromatic rings. The fourth-order valence-corrected chi connectivity index (χ4v) is 6.73.